The first-order valence-corrected chi connectivity index (χ1v) is 10.7. The summed E-state index contributed by atoms with van der Waals surface area (Å²) in [5, 5.41) is 6.51. The molecule has 0 radical (unpaired) electrons. The molecule has 2 N–H and O–H groups in total. The minimum Gasteiger partial charge on any atom is -0.454 e. The lowest BCUT2D eigenvalue weighted by Crippen LogP contribution is -2.46. The van der Waals surface area contributed by atoms with Crippen molar-refractivity contribution in [2.75, 3.05) is 51.5 Å². The number of hydrogen-bond acceptors (Lipinski definition) is 5. The number of aliphatic imine (C=N–C) groups is 1. The molecular formula is C23H30FN5O2. The molecule has 31 heavy (non-hydrogen) atoms. The molecule has 2 aliphatic rings. The number of anilines is 1. The molecule has 7 nitrogen and oxygen atoms in total. The average Bonchev–Trinajstić information content (AvgIpc) is 3.27. The van der Waals surface area contributed by atoms with Crippen LogP contribution in [-0.2, 0) is 13.1 Å². The number of benzene rings is 2. The summed E-state index contributed by atoms with van der Waals surface area (Å²) in [6.45, 7) is 8.22. The first kappa shape index (κ1) is 21.2. The second kappa shape index (κ2) is 9.87. The lowest BCUT2D eigenvalue weighted by molar-refractivity contribution is 0.174. The molecule has 0 unspecified atom stereocenters. The van der Waals surface area contributed by atoms with Crippen molar-refractivity contribution in [1.29, 1.82) is 0 Å². The Labute approximate surface area is 182 Å². The minimum atomic E-state index is -0.174. The van der Waals surface area contributed by atoms with E-state index in [2.05, 4.69) is 32.3 Å². The summed E-state index contributed by atoms with van der Waals surface area (Å²) in [6.07, 6.45) is 0. The van der Waals surface area contributed by atoms with Gasteiger partial charge in [-0.2, -0.15) is 0 Å². The fraction of sp³-hybridized carbons (Fsp3) is 0.435. The number of ether oxygens (including phenoxy) is 2. The fourth-order valence-electron chi connectivity index (χ4n) is 3.86. The van der Waals surface area contributed by atoms with Crippen LogP contribution in [-0.4, -0.2) is 57.4 Å². The molecule has 0 saturated carbocycles. The van der Waals surface area contributed by atoms with Gasteiger partial charge >= 0.3 is 0 Å². The van der Waals surface area contributed by atoms with Crippen molar-refractivity contribution in [3.05, 3.63) is 53.3 Å². The van der Waals surface area contributed by atoms with Crippen LogP contribution in [0.3, 0.4) is 0 Å². The number of nitrogens with zero attached hydrogens (tertiary/aromatic N) is 3. The lowest BCUT2D eigenvalue weighted by Gasteiger charge is -2.35. The average molecular weight is 428 g/mol. The van der Waals surface area contributed by atoms with Crippen LogP contribution in [0.2, 0.25) is 0 Å². The van der Waals surface area contributed by atoms with Gasteiger partial charge in [-0.15, -0.1) is 0 Å². The fourth-order valence-corrected chi connectivity index (χ4v) is 3.86. The highest BCUT2D eigenvalue weighted by Gasteiger charge is 2.18. The normalized spacial score (nSPS) is 16.5. The van der Waals surface area contributed by atoms with Crippen LogP contribution in [0.4, 0.5) is 10.1 Å². The Bertz CT molecular complexity index is 928. The third-order valence-corrected chi connectivity index (χ3v) is 5.75. The van der Waals surface area contributed by atoms with E-state index in [1.165, 1.54) is 0 Å². The standard InChI is InChI=1S/C23H30FN5O2/c1-3-28-8-10-29(11-9-28)20-6-4-17(12-19(20)24)14-26-23(25-2)27-15-18-5-7-21-22(13-18)31-16-30-21/h4-7,12-13H,3,8-11,14-16H2,1-2H3,(H2,25,26,27). The molecule has 1 fully saturated rings. The van der Waals surface area contributed by atoms with Gasteiger partial charge in [-0.3, -0.25) is 4.99 Å². The quantitative estimate of drug-likeness (QED) is 0.546. The molecule has 0 amide bonds. The molecule has 0 aromatic heterocycles. The Hall–Kier alpha value is -3.00. The largest absolute Gasteiger partial charge is 0.454 e. The molecule has 2 aromatic rings. The Morgan fingerprint density at radius 2 is 1.65 bits per heavy atom. The van der Waals surface area contributed by atoms with E-state index in [0.717, 1.165) is 55.3 Å². The molecule has 166 valence electrons. The van der Waals surface area contributed by atoms with Crippen molar-refractivity contribution in [3.8, 4) is 11.5 Å². The molecule has 0 aliphatic carbocycles. The Kier molecular flexibility index (Phi) is 6.76. The number of hydrogen-bond donors (Lipinski definition) is 2. The number of piperazine rings is 1. The van der Waals surface area contributed by atoms with Crippen molar-refractivity contribution in [2.45, 2.75) is 20.0 Å². The molecule has 2 aliphatic heterocycles. The van der Waals surface area contributed by atoms with Crippen molar-refractivity contribution in [1.82, 2.24) is 15.5 Å². The summed E-state index contributed by atoms with van der Waals surface area (Å²) in [7, 11) is 1.72. The highest BCUT2D eigenvalue weighted by molar-refractivity contribution is 5.79. The molecule has 1 saturated heterocycles. The van der Waals surface area contributed by atoms with Gasteiger partial charge in [-0.1, -0.05) is 19.1 Å². The summed E-state index contributed by atoms with van der Waals surface area (Å²) in [5.41, 5.74) is 2.62. The van der Waals surface area contributed by atoms with Crippen LogP contribution < -0.4 is 25.0 Å². The van der Waals surface area contributed by atoms with Gasteiger partial charge in [0.25, 0.3) is 0 Å². The van der Waals surface area contributed by atoms with Gasteiger partial charge in [0.1, 0.15) is 5.82 Å². The second-order valence-electron chi connectivity index (χ2n) is 7.67. The van der Waals surface area contributed by atoms with Crippen LogP contribution in [0.1, 0.15) is 18.1 Å². The van der Waals surface area contributed by atoms with E-state index >= 15 is 0 Å². The van der Waals surface area contributed by atoms with Gasteiger partial charge < -0.3 is 29.9 Å². The van der Waals surface area contributed by atoms with Gasteiger partial charge in [0, 0.05) is 46.3 Å². The maximum Gasteiger partial charge on any atom is 0.231 e. The molecule has 2 heterocycles. The predicted molar refractivity (Wildman–Crippen MR) is 120 cm³/mol. The van der Waals surface area contributed by atoms with Crippen LogP contribution in [0, 0.1) is 5.82 Å². The first-order valence-electron chi connectivity index (χ1n) is 10.7. The smallest absolute Gasteiger partial charge is 0.231 e. The topological polar surface area (TPSA) is 61.4 Å². The summed E-state index contributed by atoms with van der Waals surface area (Å²) >= 11 is 0. The maximum atomic E-state index is 14.7. The van der Waals surface area contributed by atoms with Gasteiger partial charge in [0.2, 0.25) is 6.79 Å². The SMILES string of the molecule is CCN1CCN(c2ccc(CNC(=NC)NCc3ccc4c(c3)OCO4)cc2F)CC1. The van der Waals surface area contributed by atoms with Crippen LogP contribution in [0.15, 0.2) is 41.4 Å². The second-order valence-corrected chi connectivity index (χ2v) is 7.67. The van der Waals surface area contributed by atoms with Crippen LogP contribution in [0.25, 0.3) is 0 Å². The van der Waals surface area contributed by atoms with E-state index in [1.807, 2.05) is 30.3 Å². The monoisotopic (exact) mass is 427 g/mol. The van der Waals surface area contributed by atoms with E-state index < -0.39 is 0 Å². The van der Waals surface area contributed by atoms with E-state index in [4.69, 9.17) is 9.47 Å². The van der Waals surface area contributed by atoms with Crippen molar-refractivity contribution in [2.24, 2.45) is 4.99 Å². The van der Waals surface area contributed by atoms with Gasteiger partial charge in [0.05, 0.1) is 5.69 Å². The van der Waals surface area contributed by atoms with E-state index in [9.17, 15) is 4.39 Å². The molecule has 0 bridgehead atoms. The highest BCUT2D eigenvalue weighted by atomic mass is 19.1. The summed E-state index contributed by atoms with van der Waals surface area (Å²) < 4.78 is 25.5. The number of halogens is 1. The molecular weight excluding hydrogens is 397 g/mol. The van der Waals surface area contributed by atoms with E-state index in [1.54, 1.807) is 13.1 Å². The molecule has 2 aromatic carbocycles. The molecule has 8 heteroatoms. The van der Waals surface area contributed by atoms with Crippen LogP contribution >= 0.6 is 0 Å². The Morgan fingerprint density at radius 3 is 2.32 bits per heavy atom. The number of nitrogens with one attached hydrogen (secondary N) is 2. The zero-order valence-electron chi connectivity index (χ0n) is 18.2. The van der Waals surface area contributed by atoms with Crippen molar-refractivity contribution in [3.63, 3.8) is 0 Å². The number of guanidine groups is 1. The zero-order chi connectivity index (χ0) is 21.6. The summed E-state index contributed by atoms with van der Waals surface area (Å²) in [6, 6.07) is 11.3. The summed E-state index contributed by atoms with van der Waals surface area (Å²) in [5.74, 6) is 2.00. The molecule has 0 spiro atoms. The summed E-state index contributed by atoms with van der Waals surface area (Å²) in [4.78, 5) is 8.76. The van der Waals surface area contributed by atoms with Gasteiger partial charge in [0.15, 0.2) is 17.5 Å². The first-order chi connectivity index (χ1) is 15.2. The van der Waals surface area contributed by atoms with Crippen molar-refractivity contribution < 1.29 is 13.9 Å². The maximum absolute atomic E-state index is 14.7. The van der Waals surface area contributed by atoms with E-state index in [-0.39, 0.29) is 12.6 Å². The Balaban J connectivity index is 1.29. The van der Waals surface area contributed by atoms with Gasteiger partial charge in [-0.25, -0.2) is 4.39 Å². The third kappa shape index (κ3) is 5.19. The van der Waals surface area contributed by atoms with Gasteiger partial charge in [-0.05, 0) is 41.9 Å². The lowest BCUT2D eigenvalue weighted by atomic mass is 10.1. The number of likely N-dealkylation sites (N-methyl/N-ethyl adjacent to an activating group) is 1. The highest BCUT2D eigenvalue weighted by Crippen LogP contribution is 2.32. The number of rotatable bonds is 6. The Morgan fingerprint density at radius 1 is 0.968 bits per heavy atom. The van der Waals surface area contributed by atoms with Crippen LogP contribution in [0.5, 0.6) is 11.5 Å². The third-order valence-electron chi connectivity index (χ3n) is 5.75. The zero-order valence-corrected chi connectivity index (χ0v) is 18.2. The number of fused-ring (bicyclic) bond motifs is 1. The predicted octanol–water partition coefficient (Wildman–Crippen LogP) is 2.56. The minimum absolute atomic E-state index is 0.174. The molecule has 0 atom stereocenters. The van der Waals surface area contributed by atoms with E-state index in [0.29, 0.717) is 24.7 Å². The van der Waals surface area contributed by atoms with Crippen molar-refractivity contribution >= 4 is 11.6 Å². The molecule has 4 rings (SSSR count).